The van der Waals surface area contributed by atoms with E-state index < -0.39 is 16.1 Å². The van der Waals surface area contributed by atoms with E-state index in [4.69, 9.17) is 0 Å². The van der Waals surface area contributed by atoms with Crippen LogP contribution in [0.3, 0.4) is 0 Å². The van der Waals surface area contributed by atoms with Crippen molar-refractivity contribution in [2.24, 2.45) is 0 Å². The first-order valence-corrected chi connectivity index (χ1v) is 8.52. The summed E-state index contributed by atoms with van der Waals surface area (Å²) in [4.78, 5) is 15.8. The molecule has 1 amide bonds. The van der Waals surface area contributed by atoms with Crippen molar-refractivity contribution in [1.82, 2.24) is 15.0 Å². The first-order chi connectivity index (χ1) is 10.0. The maximum Gasteiger partial charge on any atom is 0.244 e. The number of rotatable bonds is 6. The van der Waals surface area contributed by atoms with E-state index in [1.165, 1.54) is 12.3 Å². The van der Waals surface area contributed by atoms with Crippen molar-refractivity contribution >= 4 is 21.7 Å². The molecule has 1 atom stereocenters. The number of nitrogens with one attached hydrogen (secondary N) is 3. The minimum absolute atomic E-state index is 0.0665. The third kappa shape index (κ3) is 3.92. The highest BCUT2D eigenvalue weighted by Crippen LogP contribution is 2.19. The fourth-order valence-electron chi connectivity index (χ4n) is 2.12. The molecule has 1 unspecified atom stereocenters. The third-order valence-electron chi connectivity index (χ3n) is 3.19. The predicted octanol–water partition coefficient (Wildman–Crippen LogP) is 0.460. The maximum atomic E-state index is 12.5. The molecular formula is C13H20N4O3S. The molecule has 116 valence electrons. The lowest BCUT2D eigenvalue weighted by Crippen LogP contribution is -2.50. The zero-order valence-corrected chi connectivity index (χ0v) is 12.7. The first kappa shape index (κ1) is 15.7. The second-order valence-electron chi connectivity index (χ2n) is 4.88. The minimum atomic E-state index is -3.79. The second-order valence-corrected chi connectivity index (χ2v) is 6.57. The molecule has 2 rings (SSSR count). The Morgan fingerprint density at radius 3 is 3.00 bits per heavy atom. The van der Waals surface area contributed by atoms with Crippen LogP contribution >= 0.6 is 0 Å². The van der Waals surface area contributed by atoms with Gasteiger partial charge in [0.1, 0.15) is 16.8 Å². The fraction of sp³-hybridized carbons (Fsp3) is 0.538. The van der Waals surface area contributed by atoms with Crippen LogP contribution < -0.4 is 15.4 Å². The number of hydrogen-bond acceptors (Lipinski definition) is 5. The highest BCUT2D eigenvalue weighted by atomic mass is 32.2. The molecular weight excluding hydrogens is 292 g/mol. The van der Waals surface area contributed by atoms with Gasteiger partial charge in [0.25, 0.3) is 0 Å². The summed E-state index contributed by atoms with van der Waals surface area (Å²) in [5.74, 6) is 0.0276. The maximum absolute atomic E-state index is 12.5. The molecule has 0 aromatic carbocycles. The number of aromatic nitrogens is 1. The Morgan fingerprint density at radius 1 is 1.48 bits per heavy atom. The van der Waals surface area contributed by atoms with Crippen molar-refractivity contribution in [2.75, 3.05) is 18.4 Å². The van der Waals surface area contributed by atoms with E-state index in [1.807, 2.05) is 6.92 Å². The lowest BCUT2D eigenvalue weighted by molar-refractivity contribution is -0.124. The van der Waals surface area contributed by atoms with Crippen molar-refractivity contribution < 1.29 is 13.2 Å². The Bertz CT molecular complexity index is 603. The van der Waals surface area contributed by atoms with Gasteiger partial charge in [-0.3, -0.25) is 4.79 Å². The van der Waals surface area contributed by atoms with Crippen molar-refractivity contribution in [3.8, 4) is 0 Å². The fourth-order valence-corrected chi connectivity index (χ4v) is 3.48. The molecule has 1 aliphatic rings. The Balaban J connectivity index is 2.20. The molecule has 1 aromatic rings. The molecule has 21 heavy (non-hydrogen) atoms. The van der Waals surface area contributed by atoms with Gasteiger partial charge in [-0.25, -0.2) is 13.4 Å². The van der Waals surface area contributed by atoms with Crippen LogP contribution in [0, 0.1) is 0 Å². The summed E-state index contributed by atoms with van der Waals surface area (Å²) in [6.45, 7) is 3.20. The van der Waals surface area contributed by atoms with E-state index in [9.17, 15) is 13.2 Å². The summed E-state index contributed by atoms with van der Waals surface area (Å²) in [7, 11) is -3.79. The second kappa shape index (κ2) is 6.86. The first-order valence-electron chi connectivity index (χ1n) is 7.03. The summed E-state index contributed by atoms with van der Waals surface area (Å²) in [6.07, 6.45) is 3.65. The Hall–Kier alpha value is -1.67. The van der Waals surface area contributed by atoms with Gasteiger partial charge in [0.2, 0.25) is 15.9 Å². The summed E-state index contributed by atoms with van der Waals surface area (Å²) >= 11 is 0. The summed E-state index contributed by atoms with van der Waals surface area (Å²) < 4.78 is 27.4. The van der Waals surface area contributed by atoms with Crippen LogP contribution in [0.4, 0.5) is 5.82 Å². The van der Waals surface area contributed by atoms with E-state index >= 15 is 0 Å². The van der Waals surface area contributed by atoms with Crippen LogP contribution in [0.15, 0.2) is 23.2 Å². The van der Waals surface area contributed by atoms with Crippen LogP contribution in [0.25, 0.3) is 0 Å². The monoisotopic (exact) mass is 312 g/mol. The molecule has 1 aromatic heterocycles. The SMILES string of the molecule is CCCNc1ncccc1S(=O)(=O)NC1CCCNC1=O. The van der Waals surface area contributed by atoms with E-state index in [-0.39, 0.29) is 10.8 Å². The summed E-state index contributed by atoms with van der Waals surface area (Å²) in [6, 6.07) is 2.32. The molecule has 0 spiro atoms. The molecule has 0 saturated carbocycles. The number of hydrogen-bond donors (Lipinski definition) is 3. The molecule has 7 nitrogen and oxygen atoms in total. The zero-order chi connectivity index (χ0) is 15.3. The normalized spacial score (nSPS) is 19.1. The lowest BCUT2D eigenvalue weighted by Gasteiger charge is -2.23. The predicted molar refractivity (Wildman–Crippen MR) is 79.4 cm³/mol. The Morgan fingerprint density at radius 2 is 2.29 bits per heavy atom. The number of anilines is 1. The van der Waals surface area contributed by atoms with Crippen molar-refractivity contribution in [3.05, 3.63) is 18.3 Å². The van der Waals surface area contributed by atoms with E-state index in [0.29, 0.717) is 25.3 Å². The van der Waals surface area contributed by atoms with Crippen molar-refractivity contribution in [1.29, 1.82) is 0 Å². The highest BCUT2D eigenvalue weighted by Gasteiger charge is 2.29. The van der Waals surface area contributed by atoms with Gasteiger partial charge in [0.15, 0.2) is 0 Å². The van der Waals surface area contributed by atoms with E-state index in [1.54, 1.807) is 6.07 Å². The quantitative estimate of drug-likeness (QED) is 0.708. The zero-order valence-electron chi connectivity index (χ0n) is 11.9. The number of carbonyl (C=O) groups excluding carboxylic acids is 1. The van der Waals surface area contributed by atoms with Gasteiger partial charge >= 0.3 is 0 Å². The van der Waals surface area contributed by atoms with Gasteiger partial charge in [0.05, 0.1) is 0 Å². The van der Waals surface area contributed by atoms with Crippen LogP contribution in [-0.4, -0.2) is 38.4 Å². The molecule has 0 radical (unpaired) electrons. The van der Waals surface area contributed by atoms with Gasteiger partial charge in [0, 0.05) is 19.3 Å². The van der Waals surface area contributed by atoms with Crippen LogP contribution in [0.1, 0.15) is 26.2 Å². The average molecular weight is 312 g/mol. The third-order valence-corrected chi connectivity index (χ3v) is 4.69. The molecule has 1 saturated heterocycles. The van der Waals surface area contributed by atoms with E-state index in [0.717, 1.165) is 12.8 Å². The molecule has 1 fully saturated rings. The van der Waals surface area contributed by atoms with Crippen LogP contribution in [0.2, 0.25) is 0 Å². The number of piperidine rings is 1. The molecule has 1 aliphatic heterocycles. The largest absolute Gasteiger partial charge is 0.369 e. The molecule has 0 aliphatic carbocycles. The van der Waals surface area contributed by atoms with Crippen LogP contribution in [0.5, 0.6) is 0 Å². The molecule has 3 N–H and O–H groups in total. The van der Waals surface area contributed by atoms with Crippen LogP contribution in [-0.2, 0) is 14.8 Å². The van der Waals surface area contributed by atoms with Crippen molar-refractivity contribution in [2.45, 2.75) is 37.1 Å². The molecule has 2 heterocycles. The number of amides is 1. The van der Waals surface area contributed by atoms with Gasteiger partial charge < -0.3 is 10.6 Å². The molecule has 8 heteroatoms. The van der Waals surface area contributed by atoms with Gasteiger partial charge in [-0.1, -0.05) is 6.92 Å². The lowest BCUT2D eigenvalue weighted by atomic mass is 10.1. The van der Waals surface area contributed by atoms with Gasteiger partial charge in [-0.05, 0) is 31.4 Å². The number of pyridine rings is 1. The summed E-state index contributed by atoms with van der Waals surface area (Å²) in [5, 5.41) is 5.64. The Kier molecular flexibility index (Phi) is 5.13. The minimum Gasteiger partial charge on any atom is -0.369 e. The van der Waals surface area contributed by atoms with Gasteiger partial charge in [-0.2, -0.15) is 4.72 Å². The van der Waals surface area contributed by atoms with Crippen molar-refractivity contribution in [3.63, 3.8) is 0 Å². The number of sulfonamides is 1. The highest BCUT2D eigenvalue weighted by molar-refractivity contribution is 7.89. The summed E-state index contributed by atoms with van der Waals surface area (Å²) in [5.41, 5.74) is 0. The smallest absolute Gasteiger partial charge is 0.244 e. The Labute approximate surface area is 124 Å². The number of carbonyl (C=O) groups is 1. The average Bonchev–Trinajstić information content (AvgIpc) is 2.47. The molecule has 0 bridgehead atoms. The number of nitrogens with zero attached hydrogens (tertiary/aromatic N) is 1. The standard InChI is InChI=1S/C13H20N4O3S/c1-2-7-14-12-11(6-4-8-15-12)21(19,20)17-10-5-3-9-16-13(10)18/h4,6,8,10,17H,2-3,5,7,9H2,1H3,(H,14,15)(H,16,18). The van der Waals surface area contributed by atoms with E-state index in [2.05, 4.69) is 20.3 Å². The van der Waals surface area contributed by atoms with Gasteiger partial charge in [-0.15, -0.1) is 0 Å². The topological polar surface area (TPSA) is 100 Å².